The number of thioether (sulfide) groups is 1. The van der Waals surface area contributed by atoms with Gasteiger partial charge in [0.1, 0.15) is 0 Å². The van der Waals surface area contributed by atoms with Crippen molar-refractivity contribution < 1.29 is 13.2 Å². The van der Waals surface area contributed by atoms with E-state index in [2.05, 4.69) is 5.32 Å². The molecule has 3 unspecified atom stereocenters. The molecule has 1 saturated heterocycles. The molecule has 1 N–H and O–H groups in total. The number of hydrogen-bond donors (Lipinski definition) is 1. The van der Waals surface area contributed by atoms with Gasteiger partial charge < -0.3 is 9.88 Å². The zero-order chi connectivity index (χ0) is 20.3. The van der Waals surface area contributed by atoms with Crippen LogP contribution in [0.5, 0.6) is 0 Å². The number of carbonyl (C=O) groups is 1. The monoisotopic (exact) mass is 431 g/mol. The number of sulfonamides is 1. The van der Waals surface area contributed by atoms with Crippen molar-refractivity contribution in [3.63, 3.8) is 0 Å². The lowest BCUT2D eigenvalue weighted by Gasteiger charge is -2.42. The summed E-state index contributed by atoms with van der Waals surface area (Å²) in [6.07, 6.45) is 0.893. The minimum Gasteiger partial charge on any atom is -0.324 e. The lowest BCUT2D eigenvalue weighted by molar-refractivity contribution is -0.115. The van der Waals surface area contributed by atoms with E-state index in [0.29, 0.717) is 25.3 Å². The summed E-state index contributed by atoms with van der Waals surface area (Å²) < 4.78 is 30.1. The largest absolute Gasteiger partial charge is 0.324 e. The van der Waals surface area contributed by atoms with E-state index in [0.717, 1.165) is 17.0 Å². The second-order valence-electron chi connectivity index (χ2n) is 7.93. The van der Waals surface area contributed by atoms with Crippen LogP contribution in [-0.4, -0.2) is 41.5 Å². The molecule has 2 aromatic rings. The molecular formula is C20H21N3O4S2. The number of hydrogen-bond acceptors (Lipinski definition) is 5. The molecule has 1 aromatic carbocycles. The molecule has 1 amide bonds. The zero-order valence-corrected chi connectivity index (χ0v) is 17.5. The lowest BCUT2D eigenvalue weighted by atomic mass is 9.84. The summed E-state index contributed by atoms with van der Waals surface area (Å²) in [7, 11) is -3.70. The van der Waals surface area contributed by atoms with Gasteiger partial charge in [0.05, 0.1) is 15.8 Å². The molecule has 4 heterocycles. The number of benzene rings is 1. The van der Waals surface area contributed by atoms with Crippen molar-refractivity contribution in [2.45, 2.75) is 40.8 Å². The van der Waals surface area contributed by atoms with E-state index in [-0.39, 0.29) is 33.4 Å². The third kappa shape index (κ3) is 3.12. The first kappa shape index (κ1) is 18.9. The van der Waals surface area contributed by atoms with Crippen LogP contribution in [0.1, 0.15) is 25.0 Å². The Kier molecular flexibility index (Phi) is 4.38. The number of aromatic nitrogens is 1. The van der Waals surface area contributed by atoms with Gasteiger partial charge >= 0.3 is 0 Å². The van der Waals surface area contributed by atoms with Gasteiger partial charge in [-0.3, -0.25) is 9.59 Å². The molecule has 152 valence electrons. The number of amides is 1. The third-order valence-corrected chi connectivity index (χ3v) is 8.97. The fraction of sp³-hybridized carbons (Fsp3) is 0.400. The number of pyridine rings is 1. The molecule has 3 aliphatic heterocycles. The smallest absolute Gasteiger partial charge is 0.250 e. The van der Waals surface area contributed by atoms with Crippen molar-refractivity contribution in [2.24, 2.45) is 5.92 Å². The summed E-state index contributed by atoms with van der Waals surface area (Å²) in [6, 6.07) is 10.2. The molecule has 29 heavy (non-hydrogen) atoms. The normalized spacial score (nSPS) is 26.4. The highest BCUT2D eigenvalue weighted by Crippen LogP contribution is 2.40. The first-order valence-electron chi connectivity index (χ1n) is 9.64. The second kappa shape index (κ2) is 6.72. The molecule has 0 aliphatic carbocycles. The average Bonchev–Trinajstić information content (AvgIpc) is 2.69. The number of rotatable bonds is 2. The zero-order valence-electron chi connectivity index (χ0n) is 15.9. The molecule has 0 radical (unpaired) electrons. The molecule has 0 saturated carbocycles. The maximum atomic E-state index is 13.4. The van der Waals surface area contributed by atoms with Crippen LogP contribution < -0.4 is 10.9 Å². The summed E-state index contributed by atoms with van der Waals surface area (Å²) in [4.78, 5) is 25.2. The van der Waals surface area contributed by atoms with E-state index < -0.39 is 10.0 Å². The molecule has 2 bridgehead atoms. The van der Waals surface area contributed by atoms with Gasteiger partial charge in [0.15, 0.2) is 0 Å². The lowest BCUT2D eigenvalue weighted by Crippen LogP contribution is -2.49. The van der Waals surface area contributed by atoms with Crippen LogP contribution in [0, 0.1) is 5.92 Å². The maximum absolute atomic E-state index is 13.4. The van der Waals surface area contributed by atoms with E-state index >= 15 is 0 Å². The Balaban J connectivity index is 1.47. The Morgan fingerprint density at radius 3 is 2.76 bits per heavy atom. The summed E-state index contributed by atoms with van der Waals surface area (Å²) >= 11 is 1.43. The maximum Gasteiger partial charge on any atom is 0.250 e. The Bertz CT molecular complexity index is 1170. The number of nitrogens with one attached hydrogen (secondary N) is 1. The summed E-state index contributed by atoms with van der Waals surface area (Å²) in [6.45, 7) is 3.13. The summed E-state index contributed by atoms with van der Waals surface area (Å²) in [5.74, 6) is 0.0105. The van der Waals surface area contributed by atoms with E-state index in [4.69, 9.17) is 0 Å². The van der Waals surface area contributed by atoms with Gasteiger partial charge in [0, 0.05) is 42.2 Å². The van der Waals surface area contributed by atoms with Gasteiger partial charge in [-0.2, -0.15) is 4.31 Å². The molecule has 3 atom stereocenters. The van der Waals surface area contributed by atoms with Crippen molar-refractivity contribution in [1.29, 1.82) is 0 Å². The Morgan fingerprint density at radius 1 is 1.10 bits per heavy atom. The molecular weight excluding hydrogens is 410 g/mol. The number of fused-ring (bicyclic) bond motifs is 5. The van der Waals surface area contributed by atoms with Gasteiger partial charge in [0.25, 0.3) is 5.56 Å². The molecule has 3 aliphatic rings. The predicted octanol–water partition coefficient (Wildman–Crippen LogP) is 2.09. The van der Waals surface area contributed by atoms with Gasteiger partial charge in [-0.1, -0.05) is 6.07 Å². The minimum absolute atomic E-state index is 0.0138. The van der Waals surface area contributed by atoms with Crippen LogP contribution in [-0.2, 0) is 21.4 Å². The van der Waals surface area contributed by atoms with Crippen LogP contribution in [0.25, 0.3) is 0 Å². The van der Waals surface area contributed by atoms with Crippen LogP contribution in [0.15, 0.2) is 51.0 Å². The van der Waals surface area contributed by atoms with Crippen molar-refractivity contribution in [1.82, 2.24) is 8.87 Å². The molecule has 1 aromatic heterocycles. The summed E-state index contributed by atoms with van der Waals surface area (Å²) in [5.41, 5.74) is 1.44. The molecule has 7 nitrogen and oxygen atoms in total. The van der Waals surface area contributed by atoms with Crippen LogP contribution in [0.3, 0.4) is 0 Å². The number of anilines is 1. The molecule has 1 fully saturated rings. The Hall–Kier alpha value is -2.10. The highest BCUT2D eigenvalue weighted by molar-refractivity contribution is 8.01. The molecule has 5 rings (SSSR count). The summed E-state index contributed by atoms with van der Waals surface area (Å²) in [5, 5.41) is 2.60. The number of carbonyl (C=O) groups excluding carboxylic acids is 1. The topological polar surface area (TPSA) is 88.5 Å². The number of piperidine rings is 1. The number of nitrogens with zero attached hydrogens (tertiary/aromatic N) is 2. The second-order valence-corrected chi connectivity index (χ2v) is 11.2. The van der Waals surface area contributed by atoms with Crippen LogP contribution in [0.4, 0.5) is 5.69 Å². The van der Waals surface area contributed by atoms with E-state index in [1.54, 1.807) is 34.9 Å². The predicted molar refractivity (Wildman–Crippen MR) is 111 cm³/mol. The fourth-order valence-corrected chi connectivity index (χ4v) is 7.06. The van der Waals surface area contributed by atoms with Crippen molar-refractivity contribution >= 4 is 33.4 Å². The Morgan fingerprint density at radius 2 is 1.93 bits per heavy atom. The van der Waals surface area contributed by atoms with Crippen molar-refractivity contribution in [2.75, 3.05) is 18.4 Å². The SMILES string of the molecule is CC1Sc2ccc(S(=O)(=O)N3CC4CC(C3)c3cccc(=O)n3C4)cc2NC1=O. The molecule has 0 spiro atoms. The molecule has 9 heteroatoms. The van der Waals surface area contributed by atoms with E-state index in [1.165, 1.54) is 16.1 Å². The third-order valence-electron chi connectivity index (χ3n) is 5.97. The highest BCUT2D eigenvalue weighted by Gasteiger charge is 2.39. The van der Waals surface area contributed by atoms with Gasteiger partial charge in [-0.25, -0.2) is 8.42 Å². The van der Waals surface area contributed by atoms with Gasteiger partial charge in [-0.05, 0) is 43.5 Å². The minimum atomic E-state index is -3.70. The van der Waals surface area contributed by atoms with Crippen LogP contribution in [0.2, 0.25) is 0 Å². The highest BCUT2D eigenvalue weighted by atomic mass is 32.2. The quantitative estimate of drug-likeness (QED) is 0.787. The van der Waals surface area contributed by atoms with Crippen molar-refractivity contribution in [3.05, 3.63) is 52.4 Å². The first-order valence-corrected chi connectivity index (χ1v) is 12.0. The average molecular weight is 432 g/mol. The van der Waals surface area contributed by atoms with Gasteiger partial charge in [0.2, 0.25) is 15.9 Å². The fourth-order valence-electron chi connectivity index (χ4n) is 4.55. The van der Waals surface area contributed by atoms with Gasteiger partial charge in [-0.15, -0.1) is 11.8 Å². The van der Waals surface area contributed by atoms with Crippen molar-refractivity contribution in [3.8, 4) is 0 Å². The first-order chi connectivity index (χ1) is 13.8. The van der Waals surface area contributed by atoms with Crippen LogP contribution >= 0.6 is 11.8 Å². The van der Waals surface area contributed by atoms with E-state index in [9.17, 15) is 18.0 Å². The van der Waals surface area contributed by atoms with E-state index in [1.807, 2.05) is 13.0 Å². The standard InChI is InChI=1S/C20H21N3O4S2/c1-12-20(25)21-16-8-15(5-6-18(16)28-12)29(26,27)22-9-13-7-14(11-22)17-3-2-4-19(24)23(17)10-13/h2-6,8,12-14H,7,9-11H2,1H3,(H,21,25). The Labute approximate surface area is 173 Å².